The average Bonchev–Trinajstić information content (AvgIpc) is 2.66. The first-order chi connectivity index (χ1) is 13.6. The van der Waals surface area contributed by atoms with Gasteiger partial charge in [0.25, 0.3) is 5.91 Å². The number of aliphatic imine (C=N–C) groups is 1. The van der Waals surface area contributed by atoms with Crippen LogP contribution in [-0.4, -0.2) is 40.8 Å². The molecule has 1 amide bonds. The molecule has 4 N–H and O–H groups in total. The van der Waals surface area contributed by atoms with Gasteiger partial charge in [-0.3, -0.25) is 4.79 Å². The van der Waals surface area contributed by atoms with Gasteiger partial charge in [-0.15, -0.1) is 0 Å². The molecule has 0 unspecified atom stereocenters. The zero-order valence-corrected chi connectivity index (χ0v) is 17.4. The fraction of sp³-hybridized carbons (Fsp3) is 0.263. The number of aryl methyl sites for hydroxylation is 1. The zero-order valence-electron chi connectivity index (χ0n) is 16.6. The highest BCUT2D eigenvalue weighted by atomic mass is 32.2. The third kappa shape index (κ3) is 5.17. The number of hydrogen-bond donors (Lipinski definition) is 2. The molecule has 0 radical (unpaired) electrons. The Morgan fingerprint density at radius 1 is 1.03 bits per heavy atom. The molecule has 0 fully saturated rings. The molecule has 29 heavy (non-hydrogen) atoms. The smallest absolute Gasteiger partial charge is 0.280 e. The summed E-state index contributed by atoms with van der Waals surface area (Å²) in [5.74, 6) is 0.0756. The summed E-state index contributed by atoms with van der Waals surface area (Å²) in [5, 5.41) is 0. The molecule has 0 bridgehead atoms. The van der Waals surface area contributed by atoms with Crippen LogP contribution in [0.4, 0.5) is 0 Å². The third-order valence-corrected chi connectivity index (χ3v) is 5.12. The number of rotatable bonds is 7. The SMILES string of the molecule is CCc1cc(Oc2ccc(OC)cc2OC)c(S(C)(=O)=O)cc1C(=O)N=C(N)N. The number of carbonyl (C=O) groups excluding carboxylic acids is 1. The van der Waals surface area contributed by atoms with E-state index >= 15 is 0 Å². The summed E-state index contributed by atoms with van der Waals surface area (Å²) in [5.41, 5.74) is 11.1. The number of hydrogen-bond acceptors (Lipinski definition) is 6. The fourth-order valence-corrected chi connectivity index (χ4v) is 3.42. The third-order valence-electron chi connectivity index (χ3n) is 4.00. The van der Waals surface area contributed by atoms with Crippen molar-refractivity contribution in [3.8, 4) is 23.0 Å². The van der Waals surface area contributed by atoms with Crippen LogP contribution in [0.3, 0.4) is 0 Å². The Morgan fingerprint density at radius 2 is 1.72 bits per heavy atom. The van der Waals surface area contributed by atoms with Gasteiger partial charge in [-0.25, -0.2) is 8.42 Å². The van der Waals surface area contributed by atoms with E-state index in [-0.39, 0.29) is 22.0 Å². The van der Waals surface area contributed by atoms with Gasteiger partial charge in [0.15, 0.2) is 27.3 Å². The maximum Gasteiger partial charge on any atom is 0.280 e. The van der Waals surface area contributed by atoms with Crippen molar-refractivity contribution < 1.29 is 27.4 Å². The molecule has 9 nitrogen and oxygen atoms in total. The van der Waals surface area contributed by atoms with E-state index in [1.165, 1.54) is 26.4 Å². The summed E-state index contributed by atoms with van der Waals surface area (Å²) in [6, 6.07) is 7.54. The summed E-state index contributed by atoms with van der Waals surface area (Å²) in [6.07, 6.45) is 1.43. The van der Waals surface area contributed by atoms with Gasteiger partial charge in [0.05, 0.1) is 14.2 Å². The number of amides is 1. The van der Waals surface area contributed by atoms with Crippen LogP contribution in [0.1, 0.15) is 22.8 Å². The molecule has 0 aliphatic carbocycles. The van der Waals surface area contributed by atoms with Gasteiger partial charge in [-0.05, 0) is 36.2 Å². The number of ether oxygens (including phenoxy) is 3. The van der Waals surface area contributed by atoms with Crippen LogP contribution in [-0.2, 0) is 16.3 Å². The molecule has 0 aromatic heterocycles. The van der Waals surface area contributed by atoms with E-state index in [2.05, 4.69) is 4.99 Å². The van der Waals surface area contributed by atoms with Crippen LogP contribution >= 0.6 is 0 Å². The first kappa shape index (κ1) is 22.0. The molecule has 0 aliphatic rings. The van der Waals surface area contributed by atoms with Crippen LogP contribution in [0.2, 0.25) is 0 Å². The highest BCUT2D eigenvalue weighted by Gasteiger charge is 2.22. The lowest BCUT2D eigenvalue weighted by Gasteiger charge is -2.16. The minimum atomic E-state index is -3.75. The lowest BCUT2D eigenvalue weighted by Crippen LogP contribution is -2.24. The number of carbonyl (C=O) groups is 1. The van der Waals surface area contributed by atoms with Gasteiger partial charge >= 0.3 is 0 Å². The second kappa shape index (κ2) is 8.82. The molecule has 2 rings (SSSR count). The van der Waals surface area contributed by atoms with Crippen molar-refractivity contribution >= 4 is 21.7 Å². The molecule has 0 saturated carbocycles. The van der Waals surface area contributed by atoms with E-state index in [0.29, 0.717) is 23.5 Å². The summed E-state index contributed by atoms with van der Waals surface area (Å²) < 4.78 is 41.0. The maximum atomic E-state index is 12.4. The van der Waals surface area contributed by atoms with Crippen molar-refractivity contribution in [1.82, 2.24) is 0 Å². The maximum absolute atomic E-state index is 12.4. The van der Waals surface area contributed by atoms with Crippen LogP contribution < -0.4 is 25.7 Å². The molecular weight excluding hydrogens is 398 g/mol. The molecule has 0 spiro atoms. The van der Waals surface area contributed by atoms with Crippen molar-refractivity contribution in [3.63, 3.8) is 0 Å². The second-order valence-electron chi connectivity index (χ2n) is 6.04. The van der Waals surface area contributed by atoms with E-state index in [1.54, 1.807) is 25.1 Å². The van der Waals surface area contributed by atoms with Crippen molar-refractivity contribution in [3.05, 3.63) is 41.5 Å². The molecule has 2 aromatic rings. The highest BCUT2D eigenvalue weighted by Crippen LogP contribution is 2.38. The molecule has 2 aromatic carbocycles. The monoisotopic (exact) mass is 421 g/mol. The Hall–Kier alpha value is -3.27. The minimum absolute atomic E-state index is 0.0501. The van der Waals surface area contributed by atoms with Gasteiger partial charge in [0.2, 0.25) is 0 Å². The predicted molar refractivity (Wildman–Crippen MR) is 109 cm³/mol. The first-order valence-electron chi connectivity index (χ1n) is 8.51. The van der Waals surface area contributed by atoms with Crippen LogP contribution in [0.5, 0.6) is 23.0 Å². The molecule has 0 atom stereocenters. The van der Waals surface area contributed by atoms with Crippen molar-refractivity contribution in [2.24, 2.45) is 16.5 Å². The quantitative estimate of drug-likeness (QED) is 0.509. The molecular formula is C19H23N3O6S. The summed E-state index contributed by atoms with van der Waals surface area (Å²) in [6.45, 7) is 1.81. The summed E-state index contributed by atoms with van der Waals surface area (Å²) >= 11 is 0. The Kier molecular flexibility index (Phi) is 6.70. The van der Waals surface area contributed by atoms with E-state index < -0.39 is 21.7 Å². The van der Waals surface area contributed by atoms with E-state index in [9.17, 15) is 13.2 Å². The normalized spacial score (nSPS) is 10.9. The van der Waals surface area contributed by atoms with E-state index in [4.69, 9.17) is 25.7 Å². The van der Waals surface area contributed by atoms with E-state index in [0.717, 1.165) is 6.26 Å². The largest absolute Gasteiger partial charge is 0.497 e. The average molecular weight is 421 g/mol. The second-order valence-corrected chi connectivity index (χ2v) is 8.03. The first-order valence-corrected chi connectivity index (χ1v) is 10.4. The van der Waals surface area contributed by atoms with Crippen LogP contribution in [0.25, 0.3) is 0 Å². The van der Waals surface area contributed by atoms with Crippen molar-refractivity contribution in [1.29, 1.82) is 0 Å². The standard InChI is InChI=1S/C19H23N3O6S/c1-5-11-8-16(28-14-7-6-12(26-2)9-15(14)27-3)17(29(4,24)25)10-13(11)18(23)22-19(20)21/h6-10H,5H2,1-4H3,(H4,20,21,22,23). The number of nitrogens with two attached hydrogens (primary N) is 2. The van der Waals surface area contributed by atoms with Gasteiger partial charge in [0.1, 0.15) is 16.4 Å². The summed E-state index contributed by atoms with van der Waals surface area (Å²) in [7, 11) is -0.786. The number of sulfone groups is 1. The Morgan fingerprint density at radius 3 is 2.24 bits per heavy atom. The fourth-order valence-electron chi connectivity index (χ4n) is 2.62. The van der Waals surface area contributed by atoms with Gasteiger partial charge < -0.3 is 25.7 Å². The predicted octanol–water partition coefficient (Wildman–Crippen LogP) is 1.88. The van der Waals surface area contributed by atoms with Gasteiger partial charge in [-0.2, -0.15) is 4.99 Å². The topological polar surface area (TPSA) is 143 Å². The van der Waals surface area contributed by atoms with Gasteiger partial charge in [-0.1, -0.05) is 6.92 Å². The van der Waals surface area contributed by atoms with Crippen molar-refractivity contribution in [2.45, 2.75) is 18.2 Å². The number of nitrogens with zero attached hydrogens (tertiary/aromatic N) is 1. The summed E-state index contributed by atoms with van der Waals surface area (Å²) in [4.78, 5) is 15.7. The number of guanidine groups is 1. The Bertz CT molecular complexity index is 1060. The van der Waals surface area contributed by atoms with Crippen LogP contribution in [0.15, 0.2) is 40.2 Å². The molecule has 10 heteroatoms. The highest BCUT2D eigenvalue weighted by molar-refractivity contribution is 7.90. The Labute approximate surface area is 169 Å². The van der Waals surface area contributed by atoms with Gasteiger partial charge in [0, 0.05) is 17.9 Å². The van der Waals surface area contributed by atoms with Crippen molar-refractivity contribution in [2.75, 3.05) is 20.5 Å². The lowest BCUT2D eigenvalue weighted by molar-refractivity contribution is 0.100. The molecule has 156 valence electrons. The zero-order chi connectivity index (χ0) is 21.8. The molecule has 0 saturated heterocycles. The number of methoxy groups -OCH3 is 2. The minimum Gasteiger partial charge on any atom is -0.497 e. The van der Waals surface area contributed by atoms with Crippen LogP contribution in [0, 0.1) is 0 Å². The molecule has 0 aliphatic heterocycles. The van der Waals surface area contributed by atoms with E-state index in [1.807, 2.05) is 0 Å². The lowest BCUT2D eigenvalue weighted by atomic mass is 10.0. The molecule has 0 heterocycles. The Balaban J connectivity index is 2.66. The number of benzene rings is 2.